The van der Waals surface area contributed by atoms with Crippen molar-refractivity contribution in [3.05, 3.63) is 36.0 Å². The van der Waals surface area contributed by atoms with E-state index in [0.29, 0.717) is 18.8 Å². The number of halogens is 3. The van der Waals surface area contributed by atoms with Crippen LogP contribution in [-0.2, 0) is 4.79 Å². The molecule has 0 bridgehead atoms. The van der Waals surface area contributed by atoms with E-state index >= 15 is 0 Å². The van der Waals surface area contributed by atoms with E-state index in [2.05, 4.69) is 36.4 Å². The number of alkyl halides is 3. The number of hydrogen-bond donors (Lipinski definition) is 1. The van der Waals surface area contributed by atoms with Crippen molar-refractivity contribution in [2.45, 2.75) is 32.5 Å². The Labute approximate surface area is 212 Å². The molecule has 0 radical (unpaired) electrons. The van der Waals surface area contributed by atoms with Crippen molar-refractivity contribution in [3.8, 4) is 0 Å². The monoisotopic (exact) mass is 523 g/mol. The predicted molar refractivity (Wildman–Crippen MR) is 134 cm³/mol. The van der Waals surface area contributed by atoms with Crippen LogP contribution in [0, 0.1) is 0 Å². The normalized spacial score (nSPS) is 15.0. The molecule has 1 aromatic carbocycles. The van der Waals surface area contributed by atoms with Crippen LogP contribution in [0.4, 0.5) is 18.0 Å². The topological polar surface area (TPSA) is 91.0 Å². The summed E-state index contributed by atoms with van der Waals surface area (Å²) in [5.41, 5.74) is 3.27. The van der Waals surface area contributed by atoms with Gasteiger partial charge in [-0.25, -0.2) is 9.59 Å². The molecular weight excluding hydrogens is 491 g/mol. The zero-order valence-corrected chi connectivity index (χ0v) is 21.5. The zero-order valence-electron chi connectivity index (χ0n) is 21.5. The molecular formula is C25H32F3N5O4. The molecule has 0 atom stereocenters. The number of carbonyl (C=O) groups excluding carboxylic acids is 2. The van der Waals surface area contributed by atoms with Crippen molar-refractivity contribution < 1.29 is 32.7 Å². The number of fused-ring (bicyclic) bond motifs is 3. The van der Waals surface area contributed by atoms with Gasteiger partial charge in [-0.2, -0.15) is 13.2 Å². The number of benzene rings is 1. The Morgan fingerprint density at radius 2 is 1.62 bits per heavy atom. The summed E-state index contributed by atoms with van der Waals surface area (Å²) in [6, 6.07) is 10.0. The third-order valence-corrected chi connectivity index (χ3v) is 6.22. The summed E-state index contributed by atoms with van der Waals surface area (Å²) in [6.45, 7) is 7.46. The van der Waals surface area contributed by atoms with E-state index in [9.17, 15) is 22.8 Å². The predicted octanol–water partition coefficient (Wildman–Crippen LogP) is 4.12. The molecule has 3 heterocycles. The molecule has 0 unspecified atom stereocenters. The Morgan fingerprint density at radius 3 is 2.19 bits per heavy atom. The number of nitrogens with zero attached hydrogens (tertiary/aromatic N) is 5. The van der Waals surface area contributed by atoms with E-state index in [0.717, 1.165) is 41.4 Å². The molecule has 1 fully saturated rings. The molecule has 0 saturated carbocycles. The van der Waals surface area contributed by atoms with E-state index < -0.39 is 12.1 Å². The summed E-state index contributed by atoms with van der Waals surface area (Å²) in [6.07, 6.45) is -4.15. The standard InChI is InChI=1S/C23H31N5O2.C2HF3O2/c1-16(2)27-18-10-7-6-9-17(18)21-19(27)15-20(28(21)23(30)24(3)4)22(29)26-12-8-11-25(5)13-14-26;3-2(4,5)1(6)7/h6-7,9-10,15-16H,8,11-14H2,1-5H3;(H,6,7). The maximum Gasteiger partial charge on any atom is 0.490 e. The molecule has 1 aliphatic heterocycles. The van der Waals surface area contributed by atoms with Gasteiger partial charge >= 0.3 is 18.2 Å². The van der Waals surface area contributed by atoms with Crippen LogP contribution in [0.25, 0.3) is 21.9 Å². The molecule has 0 aliphatic carbocycles. The van der Waals surface area contributed by atoms with Crippen LogP contribution >= 0.6 is 0 Å². The second-order valence-electron chi connectivity index (χ2n) is 9.51. The highest BCUT2D eigenvalue weighted by Crippen LogP contribution is 2.35. The molecule has 1 aliphatic rings. The summed E-state index contributed by atoms with van der Waals surface area (Å²) in [5.74, 6) is -2.83. The first-order valence-electron chi connectivity index (χ1n) is 11.9. The summed E-state index contributed by atoms with van der Waals surface area (Å²) >= 11 is 0. The quantitative estimate of drug-likeness (QED) is 0.546. The number of likely N-dealkylation sites (N-methyl/N-ethyl adjacent to an activating group) is 1. The Bertz CT molecular complexity index is 1310. The number of carbonyl (C=O) groups is 3. The average molecular weight is 524 g/mol. The van der Waals surface area contributed by atoms with Crippen LogP contribution in [0.3, 0.4) is 0 Å². The number of carboxylic acids is 1. The lowest BCUT2D eigenvalue weighted by molar-refractivity contribution is -0.192. The van der Waals surface area contributed by atoms with E-state index in [1.165, 1.54) is 4.90 Å². The number of aromatic nitrogens is 2. The fraction of sp³-hybridized carbons (Fsp3) is 0.480. The molecule has 9 nitrogen and oxygen atoms in total. The van der Waals surface area contributed by atoms with Crippen molar-refractivity contribution in [1.82, 2.24) is 23.8 Å². The van der Waals surface area contributed by atoms with E-state index in [4.69, 9.17) is 9.90 Å². The largest absolute Gasteiger partial charge is 0.490 e. The van der Waals surface area contributed by atoms with Crippen molar-refractivity contribution >= 4 is 39.8 Å². The van der Waals surface area contributed by atoms with Crippen LogP contribution < -0.4 is 0 Å². The number of amides is 2. The summed E-state index contributed by atoms with van der Waals surface area (Å²) in [5, 5.41) is 8.12. The van der Waals surface area contributed by atoms with Gasteiger partial charge in [-0.05, 0) is 46.0 Å². The number of para-hydroxylation sites is 1. The molecule has 0 spiro atoms. The van der Waals surface area contributed by atoms with Gasteiger partial charge in [0, 0.05) is 45.2 Å². The van der Waals surface area contributed by atoms with Gasteiger partial charge < -0.3 is 24.4 Å². The first kappa shape index (κ1) is 28.0. The maximum absolute atomic E-state index is 13.6. The first-order valence-corrected chi connectivity index (χ1v) is 11.9. The maximum atomic E-state index is 13.6. The van der Waals surface area contributed by atoms with Crippen molar-refractivity contribution in [3.63, 3.8) is 0 Å². The van der Waals surface area contributed by atoms with Crippen LogP contribution in [0.2, 0.25) is 0 Å². The first-order chi connectivity index (χ1) is 17.3. The lowest BCUT2D eigenvalue weighted by Gasteiger charge is -2.22. The SMILES string of the molecule is CC(C)n1c2ccccc2c2c1cc(C(=O)N1CCCN(C)CC1)n2C(=O)N(C)C.O=C(O)C(F)(F)F. The van der Waals surface area contributed by atoms with Gasteiger partial charge in [-0.3, -0.25) is 9.36 Å². The Balaban J connectivity index is 0.000000479. The number of hydrogen-bond acceptors (Lipinski definition) is 4. The highest BCUT2D eigenvalue weighted by atomic mass is 19.4. The molecule has 2 aromatic heterocycles. The molecule has 4 rings (SSSR count). The molecule has 3 aromatic rings. The van der Waals surface area contributed by atoms with Gasteiger partial charge in [0.25, 0.3) is 5.91 Å². The molecule has 1 saturated heterocycles. The average Bonchev–Trinajstić information content (AvgIpc) is 3.25. The minimum absolute atomic E-state index is 0.0731. The van der Waals surface area contributed by atoms with Gasteiger partial charge in [0.15, 0.2) is 0 Å². The second-order valence-corrected chi connectivity index (χ2v) is 9.51. The minimum Gasteiger partial charge on any atom is -0.475 e. The smallest absolute Gasteiger partial charge is 0.475 e. The van der Waals surface area contributed by atoms with Crippen LogP contribution in [0.5, 0.6) is 0 Å². The second kappa shape index (κ2) is 10.8. The van der Waals surface area contributed by atoms with Crippen molar-refractivity contribution in [2.24, 2.45) is 0 Å². The van der Waals surface area contributed by atoms with Crippen LogP contribution in [0.1, 0.15) is 36.8 Å². The molecule has 37 heavy (non-hydrogen) atoms. The van der Waals surface area contributed by atoms with Gasteiger partial charge in [0.05, 0.1) is 16.6 Å². The van der Waals surface area contributed by atoms with E-state index in [1.54, 1.807) is 18.7 Å². The Morgan fingerprint density at radius 1 is 1.00 bits per heavy atom. The van der Waals surface area contributed by atoms with Crippen molar-refractivity contribution in [1.29, 1.82) is 0 Å². The Kier molecular flexibility index (Phi) is 8.21. The fourth-order valence-corrected chi connectivity index (χ4v) is 4.48. The highest BCUT2D eigenvalue weighted by Gasteiger charge is 2.38. The number of rotatable bonds is 2. The fourth-order valence-electron chi connectivity index (χ4n) is 4.48. The van der Waals surface area contributed by atoms with Gasteiger partial charge in [0.1, 0.15) is 5.69 Å². The highest BCUT2D eigenvalue weighted by molar-refractivity contribution is 6.14. The van der Waals surface area contributed by atoms with Gasteiger partial charge in [0.2, 0.25) is 0 Å². The number of aliphatic carboxylic acids is 1. The van der Waals surface area contributed by atoms with E-state index in [-0.39, 0.29) is 18.0 Å². The summed E-state index contributed by atoms with van der Waals surface area (Å²) in [7, 11) is 5.54. The van der Waals surface area contributed by atoms with Gasteiger partial charge in [-0.1, -0.05) is 18.2 Å². The third-order valence-electron chi connectivity index (χ3n) is 6.22. The lowest BCUT2D eigenvalue weighted by atomic mass is 10.2. The molecule has 1 N–H and O–H groups in total. The molecule has 12 heteroatoms. The van der Waals surface area contributed by atoms with Crippen molar-refractivity contribution in [2.75, 3.05) is 47.3 Å². The zero-order chi connectivity index (χ0) is 27.7. The number of carboxylic acid groups (broad SMARTS) is 1. The van der Waals surface area contributed by atoms with E-state index in [1.807, 2.05) is 29.2 Å². The lowest BCUT2D eigenvalue weighted by Crippen LogP contribution is -2.37. The van der Waals surface area contributed by atoms with Gasteiger partial charge in [-0.15, -0.1) is 0 Å². The summed E-state index contributed by atoms with van der Waals surface area (Å²) < 4.78 is 35.6. The third kappa shape index (κ3) is 5.74. The Hall–Kier alpha value is -3.54. The molecule has 2 amide bonds. The molecule has 202 valence electrons. The van der Waals surface area contributed by atoms with Crippen LogP contribution in [0.15, 0.2) is 30.3 Å². The van der Waals surface area contributed by atoms with Crippen LogP contribution in [-0.4, -0.2) is 100 Å². The minimum atomic E-state index is -5.08. The summed E-state index contributed by atoms with van der Waals surface area (Å²) in [4.78, 5) is 41.4.